The fourth-order valence-corrected chi connectivity index (χ4v) is 2.57. The van der Waals surface area contributed by atoms with Crippen molar-refractivity contribution in [3.63, 3.8) is 0 Å². The predicted octanol–water partition coefficient (Wildman–Crippen LogP) is 2.50. The van der Waals surface area contributed by atoms with E-state index in [4.69, 9.17) is 0 Å². The SMILES string of the molecule is CN1CCN(c2cnc(C(=O)Nc3ccc(C(F)(F)F)cc3)cn2)CC1. The van der Waals surface area contributed by atoms with Gasteiger partial charge in [-0.15, -0.1) is 0 Å². The van der Waals surface area contributed by atoms with E-state index in [2.05, 4.69) is 32.1 Å². The lowest BCUT2D eigenvalue weighted by molar-refractivity contribution is -0.137. The summed E-state index contributed by atoms with van der Waals surface area (Å²) < 4.78 is 37.6. The topological polar surface area (TPSA) is 61.4 Å². The van der Waals surface area contributed by atoms with E-state index in [1.165, 1.54) is 24.5 Å². The van der Waals surface area contributed by atoms with Gasteiger partial charge < -0.3 is 15.1 Å². The maximum absolute atomic E-state index is 12.5. The number of aromatic nitrogens is 2. The van der Waals surface area contributed by atoms with Crippen molar-refractivity contribution in [1.29, 1.82) is 0 Å². The summed E-state index contributed by atoms with van der Waals surface area (Å²) in [6.45, 7) is 3.53. The fraction of sp³-hybridized carbons (Fsp3) is 0.353. The molecule has 1 aromatic heterocycles. The van der Waals surface area contributed by atoms with Crippen LogP contribution in [0, 0.1) is 0 Å². The lowest BCUT2D eigenvalue weighted by Gasteiger charge is -2.32. The lowest BCUT2D eigenvalue weighted by Crippen LogP contribution is -2.44. The van der Waals surface area contributed by atoms with Gasteiger partial charge in [0.15, 0.2) is 0 Å². The Balaban J connectivity index is 1.63. The summed E-state index contributed by atoms with van der Waals surface area (Å²) in [6.07, 6.45) is -1.51. The van der Waals surface area contributed by atoms with Crippen LogP contribution >= 0.6 is 0 Å². The zero-order valence-corrected chi connectivity index (χ0v) is 14.1. The summed E-state index contributed by atoms with van der Waals surface area (Å²) in [4.78, 5) is 24.9. The molecule has 1 aromatic carbocycles. The molecular weight excluding hydrogens is 347 g/mol. The molecule has 1 N–H and O–H groups in total. The third-order valence-electron chi connectivity index (χ3n) is 4.17. The number of carbonyl (C=O) groups is 1. The number of amides is 1. The number of piperazine rings is 1. The maximum atomic E-state index is 12.5. The Bertz CT molecular complexity index is 753. The molecule has 0 unspecified atom stereocenters. The van der Waals surface area contributed by atoms with Crippen LogP contribution in [0.1, 0.15) is 16.1 Å². The molecule has 26 heavy (non-hydrogen) atoms. The molecule has 1 saturated heterocycles. The minimum Gasteiger partial charge on any atom is -0.353 e. The first kappa shape index (κ1) is 18.1. The Hall–Kier alpha value is -2.68. The summed E-state index contributed by atoms with van der Waals surface area (Å²) in [5, 5.41) is 2.51. The molecule has 9 heteroatoms. The van der Waals surface area contributed by atoms with Crippen molar-refractivity contribution in [2.75, 3.05) is 43.4 Å². The number of benzene rings is 1. The molecule has 1 aliphatic rings. The summed E-state index contributed by atoms with van der Waals surface area (Å²) in [7, 11) is 2.05. The van der Waals surface area contributed by atoms with Gasteiger partial charge in [-0.1, -0.05) is 0 Å². The number of nitrogens with one attached hydrogen (secondary N) is 1. The van der Waals surface area contributed by atoms with Crippen LogP contribution in [0.3, 0.4) is 0 Å². The summed E-state index contributed by atoms with van der Waals surface area (Å²) in [5.41, 5.74) is -0.414. The number of carbonyl (C=O) groups excluding carboxylic acids is 1. The largest absolute Gasteiger partial charge is 0.416 e. The predicted molar refractivity (Wildman–Crippen MR) is 91.1 cm³/mol. The van der Waals surface area contributed by atoms with Gasteiger partial charge in [0.25, 0.3) is 5.91 Å². The quantitative estimate of drug-likeness (QED) is 0.906. The molecule has 0 aliphatic carbocycles. The van der Waals surface area contributed by atoms with Crippen LogP contribution < -0.4 is 10.2 Å². The normalized spacial score (nSPS) is 15.8. The van der Waals surface area contributed by atoms with Crippen molar-refractivity contribution in [1.82, 2.24) is 14.9 Å². The van der Waals surface area contributed by atoms with E-state index >= 15 is 0 Å². The standard InChI is InChI=1S/C17H18F3N5O/c1-24-6-8-25(9-7-24)15-11-21-14(10-22-15)16(26)23-13-4-2-12(3-5-13)17(18,19)20/h2-5,10-11H,6-9H2,1H3,(H,23,26). The van der Waals surface area contributed by atoms with Crippen molar-refractivity contribution in [2.24, 2.45) is 0 Å². The minimum atomic E-state index is -4.41. The fourth-order valence-electron chi connectivity index (χ4n) is 2.57. The van der Waals surface area contributed by atoms with Crippen molar-refractivity contribution < 1.29 is 18.0 Å². The second-order valence-corrected chi connectivity index (χ2v) is 6.08. The Morgan fingerprint density at radius 3 is 2.23 bits per heavy atom. The van der Waals surface area contributed by atoms with E-state index in [1.807, 2.05) is 0 Å². The third-order valence-corrected chi connectivity index (χ3v) is 4.17. The third kappa shape index (κ3) is 4.29. The number of likely N-dealkylation sites (N-methyl/N-ethyl adjacent to an activating group) is 1. The molecule has 1 aliphatic heterocycles. The zero-order chi connectivity index (χ0) is 18.7. The Labute approximate surface area is 148 Å². The van der Waals surface area contributed by atoms with Crippen molar-refractivity contribution >= 4 is 17.4 Å². The summed E-state index contributed by atoms with van der Waals surface area (Å²) >= 11 is 0. The van der Waals surface area contributed by atoms with Gasteiger partial charge in [-0.2, -0.15) is 13.2 Å². The van der Waals surface area contributed by atoms with E-state index in [0.717, 1.165) is 38.3 Å². The molecule has 3 rings (SSSR count). The van der Waals surface area contributed by atoms with Crippen molar-refractivity contribution in [3.05, 3.63) is 47.9 Å². The van der Waals surface area contributed by atoms with Gasteiger partial charge in [0, 0.05) is 31.9 Å². The summed E-state index contributed by atoms with van der Waals surface area (Å²) in [5.74, 6) is 0.173. The zero-order valence-electron chi connectivity index (χ0n) is 14.1. The van der Waals surface area contributed by atoms with Gasteiger partial charge in [0.05, 0.1) is 18.0 Å². The first-order valence-electron chi connectivity index (χ1n) is 8.07. The van der Waals surface area contributed by atoms with Gasteiger partial charge in [0.2, 0.25) is 0 Å². The van der Waals surface area contributed by atoms with E-state index in [-0.39, 0.29) is 11.4 Å². The Morgan fingerprint density at radius 2 is 1.69 bits per heavy atom. The average Bonchev–Trinajstić information content (AvgIpc) is 2.62. The molecule has 0 atom stereocenters. The van der Waals surface area contributed by atoms with Crippen LogP contribution in [0.15, 0.2) is 36.7 Å². The highest BCUT2D eigenvalue weighted by Crippen LogP contribution is 2.29. The molecule has 2 heterocycles. The van der Waals surface area contributed by atoms with Crippen molar-refractivity contribution in [2.45, 2.75) is 6.18 Å². The van der Waals surface area contributed by atoms with Crippen molar-refractivity contribution in [3.8, 4) is 0 Å². The number of nitrogens with zero attached hydrogens (tertiary/aromatic N) is 4. The second-order valence-electron chi connectivity index (χ2n) is 6.08. The van der Waals surface area contributed by atoms with Crippen LogP contribution in [-0.4, -0.2) is 54.0 Å². The highest BCUT2D eigenvalue weighted by Gasteiger charge is 2.30. The highest BCUT2D eigenvalue weighted by molar-refractivity contribution is 6.02. The minimum absolute atomic E-state index is 0.0998. The number of hydrogen-bond acceptors (Lipinski definition) is 5. The smallest absolute Gasteiger partial charge is 0.353 e. The van der Waals surface area contributed by atoms with Crippen LogP contribution in [-0.2, 0) is 6.18 Å². The first-order valence-corrected chi connectivity index (χ1v) is 8.07. The van der Waals surface area contributed by atoms with Crippen LogP contribution in [0.25, 0.3) is 0 Å². The van der Waals surface area contributed by atoms with Gasteiger partial charge in [-0.3, -0.25) is 4.79 Å². The molecule has 0 bridgehead atoms. The van der Waals surface area contributed by atoms with Gasteiger partial charge in [0.1, 0.15) is 11.5 Å². The number of hydrogen-bond donors (Lipinski definition) is 1. The van der Waals surface area contributed by atoms with E-state index in [1.54, 1.807) is 0 Å². The first-order chi connectivity index (χ1) is 12.3. The highest BCUT2D eigenvalue weighted by atomic mass is 19.4. The lowest BCUT2D eigenvalue weighted by atomic mass is 10.2. The van der Waals surface area contributed by atoms with E-state index in [0.29, 0.717) is 5.82 Å². The molecule has 2 aromatic rings. The Kier molecular flexibility index (Phi) is 5.08. The van der Waals surface area contributed by atoms with Gasteiger partial charge >= 0.3 is 6.18 Å². The molecule has 6 nitrogen and oxygen atoms in total. The molecule has 0 radical (unpaired) electrons. The molecule has 0 saturated carbocycles. The van der Waals surface area contributed by atoms with Crippen LogP contribution in [0.2, 0.25) is 0 Å². The average molecular weight is 365 g/mol. The number of halogens is 3. The monoisotopic (exact) mass is 365 g/mol. The second kappa shape index (κ2) is 7.28. The number of anilines is 2. The Morgan fingerprint density at radius 1 is 1.04 bits per heavy atom. The van der Waals surface area contributed by atoms with E-state index in [9.17, 15) is 18.0 Å². The molecule has 1 amide bonds. The van der Waals surface area contributed by atoms with Gasteiger partial charge in [-0.05, 0) is 31.3 Å². The molecule has 138 valence electrons. The summed E-state index contributed by atoms with van der Waals surface area (Å²) in [6, 6.07) is 4.23. The number of rotatable bonds is 3. The van der Waals surface area contributed by atoms with E-state index < -0.39 is 17.6 Å². The molecule has 0 spiro atoms. The maximum Gasteiger partial charge on any atom is 0.416 e. The molecular formula is C17H18F3N5O. The molecule has 1 fully saturated rings. The van der Waals surface area contributed by atoms with Crippen LogP contribution in [0.5, 0.6) is 0 Å². The van der Waals surface area contributed by atoms with Crippen LogP contribution in [0.4, 0.5) is 24.7 Å². The van der Waals surface area contributed by atoms with Gasteiger partial charge in [-0.25, -0.2) is 9.97 Å². The number of alkyl halides is 3.